The van der Waals surface area contributed by atoms with Gasteiger partial charge in [-0.15, -0.1) is 0 Å². The van der Waals surface area contributed by atoms with Crippen LogP contribution in [0, 0.1) is 12.8 Å². The van der Waals surface area contributed by atoms with E-state index in [4.69, 9.17) is 4.42 Å². The number of carbonyl (C=O) groups excluding carboxylic acids is 1. The molecule has 0 spiro atoms. The van der Waals surface area contributed by atoms with Gasteiger partial charge in [-0.2, -0.15) is 0 Å². The van der Waals surface area contributed by atoms with Gasteiger partial charge in [0.2, 0.25) is 5.78 Å². The average Bonchev–Trinajstić information content (AvgIpc) is 2.60. The summed E-state index contributed by atoms with van der Waals surface area (Å²) in [7, 11) is 0. The summed E-state index contributed by atoms with van der Waals surface area (Å²) < 4.78 is 6.61. The third kappa shape index (κ3) is 1.92. The molecule has 0 radical (unpaired) electrons. The lowest BCUT2D eigenvalue weighted by atomic mass is 10.1. The van der Waals surface area contributed by atoms with Crippen LogP contribution in [0.15, 0.2) is 27.1 Å². The van der Waals surface area contributed by atoms with E-state index in [2.05, 4.69) is 15.9 Å². The highest BCUT2D eigenvalue weighted by molar-refractivity contribution is 9.10. The van der Waals surface area contributed by atoms with E-state index in [-0.39, 0.29) is 11.7 Å². The van der Waals surface area contributed by atoms with Crippen LogP contribution >= 0.6 is 15.9 Å². The molecule has 0 amide bonds. The molecule has 16 heavy (non-hydrogen) atoms. The summed E-state index contributed by atoms with van der Waals surface area (Å²) in [6.45, 7) is 5.72. The highest BCUT2D eigenvalue weighted by atomic mass is 79.9. The second-order valence-corrected chi connectivity index (χ2v) is 5.19. The number of fused-ring (bicyclic) bond motifs is 1. The van der Waals surface area contributed by atoms with Crippen molar-refractivity contribution in [3.63, 3.8) is 0 Å². The molecule has 1 aromatic heterocycles. The summed E-state index contributed by atoms with van der Waals surface area (Å²) in [4.78, 5) is 11.8. The largest absolute Gasteiger partial charge is 0.453 e. The topological polar surface area (TPSA) is 30.2 Å². The van der Waals surface area contributed by atoms with Gasteiger partial charge >= 0.3 is 0 Å². The molecule has 0 saturated carbocycles. The van der Waals surface area contributed by atoms with Crippen LogP contribution in [0.25, 0.3) is 11.0 Å². The molecule has 0 unspecified atom stereocenters. The molecule has 2 nitrogen and oxygen atoms in total. The summed E-state index contributed by atoms with van der Waals surface area (Å²) in [5.41, 5.74) is 1.83. The minimum atomic E-state index is -0.0377. The van der Waals surface area contributed by atoms with Gasteiger partial charge in [0, 0.05) is 15.8 Å². The normalized spacial score (nSPS) is 11.3. The van der Waals surface area contributed by atoms with Crippen molar-refractivity contribution in [1.29, 1.82) is 0 Å². The number of benzene rings is 1. The Kier molecular flexibility index (Phi) is 2.89. The lowest BCUT2D eigenvalue weighted by Gasteiger charge is -1.98. The van der Waals surface area contributed by atoms with Crippen molar-refractivity contribution in [2.24, 2.45) is 5.92 Å². The van der Waals surface area contributed by atoms with Gasteiger partial charge in [-0.25, -0.2) is 0 Å². The fraction of sp³-hybridized carbons (Fsp3) is 0.308. The van der Waals surface area contributed by atoms with Gasteiger partial charge in [0.1, 0.15) is 5.58 Å². The van der Waals surface area contributed by atoms with Gasteiger partial charge in [-0.05, 0) is 30.7 Å². The van der Waals surface area contributed by atoms with Gasteiger partial charge in [0.15, 0.2) is 5.76 Å². The smallest absolute Gasteiger partial charge is 0.200 e. The maximum Gasteiger partial charge on any atom is 0.200 e. The van der Waals surface area contributed by atoms with E-state index >= 15 is 0 Å². The molecule has 1 aromatic carbocycles. The van der Waals surface area contributed by atoms with Crippen LogP contribution in [0.2, 0.25) is 0 Å². The molecular formula is C13H13BrO2. The average molecular weight is 281 g/mol. The molecule has 0 bridgehead atoms. The molecule has 84 valence electrons. The van der Waals surface area contributed by atoms with E-state index < -0.39 is 0 Å². The van der Waals surface area contributed by atoms with E-state index in [0.717, 1.165) is 21.0 Å². The lowest BCUT2D eigenvalue weighted by Crippen LogP contribution is -2.05. The Morgan fingerprint density at radius 2 is 2.00 bits per heavy atom. The third-order valence-corrected chi connectivity index (χ3v) is 2.99. The van der Waals surface area contributed by atoms with Crippen LogP contribution in [-0.2, 0) is 0 Å². The van der Waals surface area contributed by atoms with Crippen molar-refractivity contribution in [3.8, 4) is 0 Å². The van der Waals surface area contributed by atoms with Crippen LogP contribution in [0.1, 0.15) is 30.0 Å². The van der Waals surface area contributed by atoms with Crippen molar-refractivity contribution in [2.75, 3.05) is 0 Å². The van der Waals surface area contributed by atoms with Gasteiger partial charge in [0.05, 0.1) is 0 Å². The highest BCUT2D eigenvalue weighted by Crippen LogP contribution is 2.27. The molecule has 2 aromatic rings. The van der Waals surface area contributed by atoms with Crippen LogP contribution in [0.4, 0.5) is 0 Å². The second-order valence-electron chi connectivity index (χ2n) is 4.27. The second kappa shape index (κ2) is 4.06. The highest BCUT2D eigenvalue weighted by Gasteiger charge is 2.16. The minimum Gasteiger partial charge on any atom is -0.453 e. The summed E-state index contributed by atoms with van der Waals surface area (Å²) in [6, 6.07) is 5.76. The summed E-state index contributed by atoms with van der Waals surface area (Å²) in [5.74, 6) is 0.460. The van der Waals surface area contributed by atoms with Crippen LogP contribution in [0.5, 0.6) is 0 Å². The number of carbonyl (C=O) groups is 1. The number of aryl methyl sites for hydroxylation is 1. The van der Waals surface area contributed by atoms with Crippen LogP contribution in [-0.4, -0.2) is 5.78 Å². The number of hydrogen-bond donors (Lipinski definition) is 0. The molecule has 0 saturated heterocycles. The fourth-order valence-electron chi connectivity index (χ4n) is 1.69. The molecule has 1 heterocycles. The first-order valence-corrected chi connectivity index (χ1v) is 6.02. The fourth-order valence-corrected chi connectivity index (χ4v) is 2.28. The van der Waals surface area contributed by atoms with Crippen molar-refractivity contribution < 1.29 is 9.21 Å². The Balaban J connectivity index is 2.60. The van der Waals surface area contributed by atoms with Gasteiger partial charge in [-0.1, -0.05) is 29.8 Å². The van der Waals surface area contributed by atoms with Crippen molar-refractivity contribution in [3.05, 3.63) is 34.0 Å². The third-order valence-electron chi connectivity index (χ3n) is 2.53. The summed E-state index contributed by atoms with van der Waals surface area (Å²) >= 11 is 3.43. The quantitative estimate of drug-likeness (QED) is 0.766. The summed E-state index contributed by atoms with van der Waals surface area (Å²) in [5, 5.41) is 0.968. The lowest BCUT2D eigenvalue weighted by molar-refractivity contribution is 0.0913. The van der Waals surface area contributed by atoms with Gasteiger partial charge in [-0.3, -0.25) is 4.79 Å². The van der Waals surface area contributed by atoms with E-state index in [1.807, 2.05) is 39.0 Å². The van der Waals surface area contributed by atoms with E-state index in [0.29, 0.717) is 5.76 Å². The minimum absolute atomic E-state index is 0.0377. The van der Waals surface area contributed by atoms with Gasteiger partial charge < -0.3 is 4.42 Å². The Hall–Kier alpha value is -1.09. The maximum absolute atomic E-state index is 11.8. The number of Topliss-reactive ketones (excluding diaryl/α,β-unsaturated/α-hetero) is 1. The van der Waals surface area contributed by atoms with Crippen LogP contribution < -0.4 is 0 Å². The first-order chi connectivity index (χ1) is 7.49. The number of rotatable bonds is 2. The first kappa shape index (κ1) is 11.4. The van der Waals surface area contributed by atoms with E-state index in [1.165, 1.54) is 0 Å². The van der Waals surface area contributed by atoms with Gasteiger partial charge in [0.25, 0.3) is 0 Å². The zero-order valence-electron chi connectivity index (χ0n) is 9.50. The molecule has 0 atom stereocenters. The number of ketones is 1. The molecular weight excluding hydrogens is 268 g/mol. The first-order valence-electron chi connectivity index (χ1n) is 5.23. The van der Waals surface area contributed by atoms with Crippen molar-refractivity contribution in [1.82, 2.24) is 0 Å². The Morgan fingerprint density at radius 3 is 2.62 bits per heavy atom. The van der Waals surface area contributed by atoms with Crippen LogP contribution in [0.3, 0.4) is 0 Å². The monoisotopic (exact) mass is 280 g/mol. The molecule has 0 fully saturated rings. The molecule has 0 aliphatic heterocycles. The maximum atomic E-state index is 11.8. The molecule has 0 aliphatic rings. The number of halogens is 1. The molecule has 0 aliphatic carbocycles. The Morgan fingerprint density at radius 1 is 1.31 bits per heavy atom. The standard InChI is InChI=1S/C13H13BrO2/c1-7(2)12(15)11-6-9-5-10(14)4-8(3)13(9)16-11/h4-7H,1-3H3. The van der Waals surface area contributed by atoms with Crippen molar-refractivity contribution in [2.45, 2.75) is 20.8 Å². The Bertz CT molecular complexity index is 552. The predicted molar refractivity (Wildman–Crippen MR) is 67.8 cm³/mol. The Labute approximate surface area is 103 Å². The van der Waals surface area contributed by atoms with E-state index in [9.17, 15) is 4.79 Å². The summed E-state index contributed by atoms with van der Waals surface area (Å²) in [6.07, 6.45) is 0. The zero-order valence-corrected chi connectivity index (χ0v) is 11.1. The number of hydrogen-bond acceptors (Lipinski definition) is 2. The predicted octanol–water partition coefficient (Wildman–Crippen LogP) is 4.34. The zero-order chi connectivity index (χ0) is 11.9. The SMILES string of the molecule is Cc1cc(Br)cc2cc(C(=O)C(C)C)oc12. The van der Waals surface area contributed by atoms with E-state index in [1.54, 1.807) is 0 Å². The van der Waals surface area contributed by atoms with Crippen molar-refractivity contribution >= 4 is 32.7 Å². The molecule has 2 rings (SSSR count). The molecule has 3 heteroatoms. The molecule has 0 N–H and O–H groups in total. The number of furan rings is 1.